The maximum atomic E-state index is 13.4. The lowest BCUT2D eigenvalue weighted by Crippen LogP contribution is -2.63. The summed E-state index contributed by atoms with van der Waals surface area (Å²) in [5, 5.41) is 3.59. The molecule has 1 heterocycles. The minimum absolute atomic E-state index is 0.0756. The maximum absolute atomic E-state index is 13.4. The Labute approximate surface area is 123 Å². The monoisotopic (exact) mass is 328 g/mol. The topological polar surface area (TPSA) is 15.3 Å². The molecule has 1 saturated heterocycles. The molecule has 1 N–H and O–H groups in total. The van der Waals surface area contributed by atoms with Gasteiger partial charge in [-0.2, -0.15) is 0 Å². The summed E-state index contributed by atoms with van der Waals surface area (Å²) >= 11 is 3.28. The van der Waals surface area contributed by atoms with Crippen LogP contribution in [0.5, 0.6) is 0 Å². The van der Waals surface area contributed by atoms with E-state index in [4.69, 9.17) is 0 Å². The van der Waals surface area contributed by atoms with E-state index < -0.39 is 0 Å². The highest BCUT2D eigenvalue weighted by Crippen LogP contribution is 2.29. The van der Waals surface area contributed by atoms with Crippen molar-refractivity contribution in [3.8, 4) is 0 Å². The Bertz CT molecular complexity index is 459. The largest absolute Gasteiger partial charge is 0.365 e. The zero-order valence-corrected chi connectivity index (χ0v) is 13.6. The third-order valence-corrected chi connectivity index (χ3v) is 4.37. The SMILES string of the molecule is CC(C)C1CNC(C)(C)CN1c1ccc(F)c(Br)c1. The summed E-state index contributed by atoms with van der Waals surface area (Å²) in [7, 11) is 0. The average molecular weight is 329 g/mol. The van der Waals surface area contributed by atoms with Gasteiger partial charge in [-0.15, -0.1) is 0 Å². The van der Waals surface area contributed by atoms with Crippen LogP contribution < -0.4 is 10.2 Å². The van der Waals surface area contributed by atoms with Crippen molar-refractivity contribution in [2.75, 3.05) is 18.0 Å². The fourth-order valence-corrected chi connectivity index (χ4v) is 3.00. The molecule has 106 valence electrons. The molecule has 0 radical (unpaired) electrons. The molecule has 0 saturated carbocycles. The van der Waals surface area contributed by atoms with Gasteiger partial charge in [0.15, 0.2) is 0 Å². The van der Waals surface area contributed by atoms with E-state index >= 15 is 0 Å². The number of rotatable bonds is 2. The zero-order valence-electron chi connectivity index (χ0n) is 12.0. The molecule has 1 aromatic rings. The van der Waals surface area contributed by atoms with Gasteiger partial charge in [0, 0.05) is 30.4 Å². The van der Waals surface area contributed by atoms with Gasteiger partial charge in [0.2, 0.25) is 0 Å². The molecular weight excluding hydrogens is 307 g/mol. The van der Waals surface area contributed by atoms with Crippen LogP contribution in [0, 0.1) is 11.7 Å². The molecule has 1 aliphatic heterocycles. The second-order valence-corrected chi connectivity index (χ2v) is 7.16. The highest BCUT2D eigenvalue weighted by atomic mass is 79.9. The van der Waals surface area contributed by atoms with E-state index in [2.05, 4.69) is 53.8 Å². The number of piperazine rings is 1. The Morgan fingerprint density at radius 2 is 2.11 bits per heavy atom. The predicted octanol–water partition coefficient (Wildman–Crippen LogP) is 3.80. The molecule has 1 fully saturated rings. The molecule has 1 aromatic carbocycles. The number of halogens is 2. The van der Waals surface area contributed by atoms with Crippen molar-refractivity contribution in [1.82, 2.24) is 5.32 Å². The molecule has 0 bridgehead atoms. The van der Waals surface area contributed by atoms with E-state index in [-0.39, 0.29) is 11.4 Å². The molecule has 0 amide bonds. The molecule has 1 aliphatic rings. The molecule has 0 spiro atoms. The second-order valence-electron chi connectivity index (χ2n) is 6.30. The van der Waals surface area contributed by atoms with Crippen LogP contribution in [0.3, 0.4) is 0 Å². The number of nitrogens with zero attached hydrogens (tertiary/aromatic N) is 1. The molecule has 4 heteroatoms. The van der Waals surface area contributed by atoms with Crippen LogP contribution in [0.1, 0.15) is 27.7 Å². The number of anilines is 1. The van der Waals surface area contributed by atoms with Crippen LogP contribution in [0.15, 0.2) is 22.7 Å². The first-order valence-corrected chi connectivity index (χ1v) is 7.56. The highest BCUT2D eigenvalue weighted by molar-refractivity contribution is 9.10. The fraction of sp³-hybridized carbons (Fsp3) is 0.600. The summed E-state index contributed by atoms with van der Waals surface area (Å²) in [6.07, 6.45) is 0. The average Bonchev–Trinajstić information content (AvgIpc) is 2.31. The number of hydrogen-bond donors (Lipinski definition) is 1. The highest BCUT2D eigenvalue weighted by Gasteiger charge is 2.34. The van der Waals surface area contributed by atoms with Crippen LogP contribution in [-0.2, 0) is 0 Å². The first kappa shape index (κ1) is 14.8. The van der Waals surface area contributed by atoms with E-state index in [1.807, 2.05) is 12.1 Å². The van der Waals surface area contributed by atoms with E-state index in [9.17, 15) is 4.39 Å². The molecule has 0 aromatic heterocycles. The first-order chi connectivity index (χ1) is 8.80. The fourth-order valence-electron chi connectivity index (χ4n) is 2.63. The van der Waals surface area contributed by atoms with E-state index in [1.54, 1.807) is 0 Å². The molecule has 2 nitrogen and oxygen atoms in total. The summed E-state index contributed by atoms with van der Waals surface area (Å²) < 4.78 is 13.9. The second kappa shape index (κ2) is 5.41. The zero-order chi connectivity index (χ0) is 14.2. The molecule has 19 heavy (non-hydrogen) atoms. The summed E-state index contributed by atoms with van der Waals surface area (Å²) in [4.78, 5) is 2.39. The number of hydrogen-bond acceptors (Lipinski definition) is 2. The molecule has 0 aliphatic carbocycles. The van der Waals surface area contributed by atoms with Gasteiger partial charge >= 0.3 is 0 Å². The van der Waals surface area contributed by atoms with Crippen molar-refractivity contribution in [2.45, 2.75) is 39.3 Å². The van der Waals surface area contributed by atoms with Gasteiger partial charge in [-0.05, 0) is 53.9 Å². The number of nitrogens with one attached hydrogen (secondary N) is 1. The summed E-state index contributed by atoms with van der Waals surface area (Å²) in [5.74, 6) is 0.340. The van der Waals surface area contributed by atoms with Gasteiger partial charge in [0.25, 0.3) is 0 Å². The van der Waals surface area contributed by atoms with Gasteiger partial charge in [0.1, 0.15) is 5.82 Å². The Morgan fingerprint density at radius 1 is 1.42 bits per heavy atom. The van der Waals surface area contributed by atoms with Crippen molar-refractivity contribution in [1.29, 1.82) is 0 Å². The van der Waals surface area contributed by atoms with E-state index in [0.29, 0.717) is 16.4 Å². The first-order valence-electron chi connectivity index (χ1n) is 6.77. The lowest BCUT2D eigenvalue weighted by Gasteiger charge is -2.47. The van der Waals surface area contributed by atoms with Crippen LogP contribution in [0.2, 0.25) is 0 Å². The van der Waals surface area contributed by atoms with Crippen molar-refractivity contribution in [3.63, 3.8) is 0 Å². The van der Waals surface area contributed by atoms with Crippen LogP contribution >= 0.6 is 15.9 Å². The summed E-state index contributed by atoms with van der Waals surface area (Å²) in [6.45, 7) is 10.8. The number of benzene rings is 1. The van der Waals surface area contributed by atoms with Gasteiger partial charge in [-0.25, -0.2) is 4.39 Å². The maximum Gasteiger partial charge on any atom is 0.137 e. The van der Waals surface area contributed by atoms with Crippen molar-refractivity contribution < 1.29 is 4.39 Å². The Balaban J connectivity index is 2.33. The van der Waals surface area contributed by atoms with Crippen molar-refractivity contribution in [2.24, 2.45) is 5.92 Å². The van der Waals surface area contributed by atoms with Crippen LogP contribution in [-0.4, -0.2) is 24.7 Å². The van der Waals surface area contributed by atoms with Crippen molar-refractivity contribution in [3.05, 3.63) is 28.5 Å². The Kier molecular flexibility index (Phi) is 4.21. The third-order valence-electron chi connectivity index (χ3n) is 3.76. The summed E-state index contributed by atoms with van der Waals surface area (Å²) in [5.41, 5.74) is 1.16. The van der Waals surface area contributed by atoms with Crippen LogP contribution in [0.4, 0.5) is 10.1 Å². The quantitative estimate of drug-likeness (QED) is 0.888. The molecule has 1 atom stereocenters. The Morgan fingerprint density at radius 3 is 2.68 bits per heavy atom. The normalized spacial score (nSPS) is 22.9. The van der Waals surface area contributed by atoms with E-state index in [1.165, 1.54) is 6.07 Å². The van der Waals surface area contributed by atoms with E-state index in [0.717, 1.165) is 18.8 Å². The van der Waals surface area contributed by atoms with Crippen molar-refractivity contribution >= 4 is 21.6 Å². The van der Waals surface area contributed by atoms with Crippen LogP contribution in [0.25, 0.3) is 0 Å². The smallest absolute Gasteiger partial charge is 0.137 e. The van der Waals surface area contributed by atoms with Gasteiger partial charge in [-0.3, -0.25) is 0 Å². The lowest BCUT2D eigenvalue weighted by molar-refractivity contribution is 0.277. The third kappa shape index (κ3) is 3.29. The lowest BCUT2D eigenvalue weighted by atomic mass is 9.92. The van der Waals surface area contributed by atoms with Gasteiger partial charge in [-0.1, -0.05) is 13.8 Å². The Hall–Kier alpha value is -0.610. The van der Waals surface area contributed by atoms with Gasteiger partial charge in [0.05, 0.1) is 4.47 Å². The minimum Gasteiger partial charge on any atom is -0.365 e. The molecule has 2 rings (SSSR count). The minimum atomic E-state index is -0.209. The molecular formula is C15H22BrFN2. The van der Waals surface area contributed by atoms with Gasteiger partial charge < -0.3 is 10.2 Å². The molecule has 1 unspecified atom stereocenters. The predicted molar refractivity (Wildman–Crippen MR) is 82.2 cm³/mol. The summed E-state index contributed by atoms with van der Waals surface area (Å²) in [6, 6.07) is 5.72. The standard InChI is InChI=1S/C15H22BrFN2/c1-10(2)14-8-18-15(3,4)9-19(14)11-5-6-13(17)12(16)7-11/h5-7,10,14,18H,8-9H2,1-4H3.